The molecule has 61 heavy (non-hydrogen) atoms. The predicted octanol–water partition coefficient (Wildman–Crippen LogP) is 14.8. The highest BCUT2D eigenvalue weighted by Crippen LogP contribution is 2.56. The lowest BCUT2D eigenvalue weighted by Gasteiger charge is -2.51. The molecule has 2 heteroatoms. The first-order valence-electron chi connectivity index (χ1n) is 24.3. The molecule has 6 unspecified atom stereocenters. The molecule has 9 aliphatic rings. The summed E-state index contributed by atoms with van der Waals surface area (Å²) in [6, 6.07) is 19.0. The van der Waals surface area contributed by atoms with Gasteiger partial charge in [-0.15, -0.1) is 0 Å². The van der Waals surface area contributed by atoms with Crippen molar-refractivity contribution in [2.24, 2.45) is 41.4 Å². The quantitative estimate of drug-likeness (QED) is 0.175. The summed E-state index contributed by atoms with van der Waals surface area (Å²) in [5, 5.41) is 0. The third-order valence-corrected chi connectivity index (χ3v) is 17.0. The van der Waals surface area contributed by atoms with E-state index in [9.17, 15) is 0 Å². The Hall–Kier alpha value is -4.82. The molecule has 2 saturated carbocycles. The van der Waals surface area contributed by atoms with Crippen molar-refractivity contribution in [3.8, 4) is 0 Å². The smallest absolute Gasteiger partial charge is 0.130 e. The summed E-state index contributed by atoms with van der Waals surface area (Å²) >= 11 is 0. The van der Waals surface area contributed by atoms with Crippen LogP contribution in [0.25, 0.3) is 18.2 Å². The molecule has 2 nitrogen and oxygen atoms in total. The highest BCUT2D eigenvalue weighted by molar-refractivity contribution is 5.69. The number of hydrogen-bond acceptors (Lipinski definition) is 2. The van der Waals surface area contributed by atoms with E-state index in [2.05, 4.69) is 122 Å². The second-order valence-electron chi connectivity index (χ2n) is 20.2. The molecule has 3 aromatic rings. The lowest BCUT2D eigenvalue weighted by Crippen LogP contribution is -2.43. The highest BCUT2D eigenvalue weighted by atomic mass is 16.5. The molecule has 0 saturated heterocycles. The molecule has 0 radical (unpaired) electrons. The van der Waals surface area contributed by atoms with Crippen molar-refractivity contribution in [3.05, 3.63) is 183 Å². The van der Waals surface area contributed by atoms with Crippen molar-refractivity contribution in [2.75, 3.05) is 0 Å². The Bertz CT molecular complexity index is 2470. The molecule has 0 bridgehead atoms. The van der Waals surface area contributed by atoms with Crippen LogP contribution in [0.5, 0.6) is 0 Å². The van der Waals surface area contributed by atoms with Crippen LogP contribution >= 0.6 is 0 Å². The van der Waals surface area contributed by atoms with Gasteiger partial charge in [-0.05, 0) is 176 Å². The van der Waals surface area contributed by atoms with Crippen molar-refractivity contribution in [1.29, 1.82) is 0 Å². The minimum Gasteiger partial charge on any atom is -0.490 e. The maximum absolute atomic E-state index is 6.66. The van der Waals surface area contributed by atoms with Crippen LogP contribution in [0.2, 0.25) is 0 Å². The number of allylic oxidation sites excluding steroid dienone is 11. The van der Waals surface area contributed by atoms with Crippen LogP contribution in [0.3, 0.4) is 0 Å². The van der Waals surface area contributed by atoms with Crippen LogP contribution in [0, 0.1) is 41.4 Å². The first kappa shape index (κ1) is 37.9. The Kier molecular flexibility index (Phi) is 9.83. The minimum absolute atomic E-state index is 0.243. The molecule has 0 amide bonds. The Morgan fingerprint density at radius 1 is 0.803 bits per heavy atom. The van der Waals surface area contributed by atoms with Crippen LogP contribution in [0.1, 0.15) is 134 Å². The number of hydrogen-bond donors (Lipinski definition) is 0. The van der Waals surface area contributed by atoms with Crippen LogP contribution in [-0.4, -0.2) is 6.10 Å². The normalized spacial score (nSPS) is 33.2. The summed E-state index contributed by atoms with van der Waals surface area (Å²) in [7, 11) is 0. The van der Waals surface area contributed by atoms with Gasteiger partial charge in [0.15, 0.2) is 0 Å². The van der Waals surface area contributed by atoms with Gasteiger partial charge in [-0.1, -0.05) is 121 Å². The number of aryl methyl sites for hydroxylation is 1. The summed E-state index contributed by atoms with van der Waals surface area (Å²) in [4.78, 5) is 0. The SMILES string of the molecule is C=C/C=C\C[C@@H]1C[C@H](c2ccc([C@@H]3C=Cc4oc5c(c4C3)C=C(C3CCC4=C(C3)C3C=C6CCCCC6=CC3O4)CC5)cc2)C2C=CCC[C@@H]2C1C1C=Cc2ccccc2C1. The van der Waals surface area contributed by atoms with Gasteiger partial charge >= 0.3 is 0 Å². The second-order valence-corrected chi connectivity index (χ2v) is 20.2. The largest absolute Gasteiger partial charge is 0.490 e. The van der Waals surface area contributed by atoms with E-state index in [4.69, 9.17) is 9.15 Å². The molecule has 8 aliphatic carbocycles. The first-order chi connectivity index (χ1) is 30.1. The van der Waals surface area contributed by atoms with Crippen LogP contribution < -0.4 is 0 Å². The average molecular weight is 803 g/mol. The first-order valence-corrected chi connectivity index (χ1v) is 24.3. The van der Waals surface area contributed by atoms with E-state index >= 15 is 0 Å². The molecular formula is C59H62O2. The predicted molar refractivity (Wildman–Crippen MR) is 251 cm³/mol. The lowest BCUT2D eigenvalue weighted by atomic mass is 9.53. The molecule has 310 valence electrons. The van der Waals surface area contributed by atoms with Gasteiger partial charge < -0.3 is 9.15 Å². The zero-order chi connectivity index (χ0) is 40.4. The van der Waals surface area contributed by atoms with Crippen molar-refractivity contribution in [2.45, 2.75) is 114 Å². The van der Waals surface area contributed by atoms with Crippen molar-refractivity contribution in [3.63, 3.8) is 0 Å². The van der Waals surface area contributed by atoms with E-state index < -0.39 is 0 Å². The van der Waals surface area contributed by atoms with Gasteiger partial charge in [-0.3, -0.25) is 0 Å². The Labute approximate surface area is 364 Å². The molecule has 1 aliphatic heterocycles. The summed E-state index contributed by atoms with van der Waals surface area (Å²) < 4.78 is 13.3. The van der Waals surface area contributed by atoms with Gasteiger partial charge in [0.1, 0.15) is 17.6 Å². The third-order valence-electron chi connectivity index (χ3n) is 17.0. The number of ether oxygens (including phenoxy) is 1. The van der Waals surface area contributed by atoms with E-state index in [0.29, 0.717) is 53.3 Å². The fraction of sp³-hybridized carbons (Fsp3) is 0.424. The zero-order valence-electron chi connectivity index (χ0n) is 36.0. The van der Waals surface area contributed by atoms with Crippen LogP contribution in [0.4, 0.5) is 0 Å². The van der Waals surface area contributed by atoms with Gasteiger partial charge in [-0.25, -0.2) is 0 Å². The summed E-state index contributed by atoms with van der Waals surface area (Å²) in [5.41, 5.74) is 15.2. The number of furan rings is 1. The highest BCUT2D eigenvalue weighted by Gasteiger charge is 2.47. The maximum Gasteiger partial charge on any atom is 0.130 e. The Morgan fingerprint density at radius 3 is 2.57 bits per heavy atom. The maximum atomic E-state index is 6.66. The van der Waals surface area contributed by atoms with Gasteiger partial charge in [0.05, 0.1) is 5.76 Å². The van der Waals surface area contributed by atoms with Crippen molar-refractivity contribution in [1.82, 2.24) is 0 Å². The average Bonchev–Trinajstić information content (AvgIpc) is 3.87. The van der Waals surface area contributed by atoms with Gasteiger partial charge in [0.25, 0.3) is 0 Å². The second kappa shape index (κ2) is 15.8. The monoisotopic (exact) mass is 802 g/mol. The van der Waals surface area contributed by atoms with E-state index in [1.165, 1.54) is 103 Å². The minimum atomic E-state index is 0.243. The molecule has 0 spiro atoms. The van der Waals surface area contributed by atoms with E-state index in [1.54, 1.807) is 22.3 Å². The van der Waals surface area contributed by atoms with Gasteiger partial charge in [0.2, 0.25) is 0 Å². The lowest BCUT2D eigenvalue weighted by molar-refractivity contribution is 0.0515. The van der Waals surface area contributed by atoms with Crippen molar-refractivity contribution >= 4 is 18.2 Å². The molecule has 1 aromatic heterocycles. The van der Waals surface area contributed by atoms with Crippen LogP contribution in [0.15, 0.2) is 142 Å². The fourth-order valence-corrected chi connectivity index (χ4v) is 14.1. The summed E-state index contributed by atoms with van der Waals surface area (Å²) in [6.45, 7) is 4.01. The topological polar surface area (TPSA) is 22.4 Å². The number of benzene rings is 2. The molecule has 12 rings (SSSR count). The van der Waals surface area contributed by atoms with E-state index in [-0.39, 0.29) is 6.10 Å². The molecule has 0 N–H and O–H groups in total. The van der Waals surface area contributed by atoms with E-state index in [0.717, 1.165) is 44.3 Å². The Morgan fingerprint density at radius 2 is 1.67 bits per heavy atom. The molecular weight excluding hydrogens is 741 g/mol. The van der Waals surface area contributed by atoms with Gasteiger partial charge in [-0.2, -0.15) is 0 Å². The number of rotatable bonds is 7. The van der Waals surface area contributed by atoms with Crippen LogP contribution in [-0.2, 0) is 24.0 Å². The fourth-order valence-electron chi connectivity index (χ4n) is 14.1. The number of fused-ring (bicyclic) bond motifs is 8. The van der Waals surface area contributed by atoms with Crippen molar-refractivity contribution < 1.29 is 9.15 Å². The summed E-state index contributed by atoms with van der Waals surface area (Å²) in [6.07, 6.45) is 47.2. The van der Waals surface area contributed by atoms with Gasteiger partial charge in [0, 0.05) is 35.8 Å². The standard InChI is InChI=1S/C59H62O2/c1-2-3-4-15-46-35-50(48-16-9-10-17-49(48)59(46)47-23-20-37-11-5-6-12-40(37)30-47)39-21-18-38(19-22-39)43-24-27-55-51(32-43)52-33-44(25-28-56(52)60-55)45-26-29-57-53(34-45)54-31-41-13-7-8-14-42(41)36-58(54)61-57/h2-6,9,11-12,16,18-24,27,31,33,36,43,45-50,54,58-59H,1,7-8,10,13-15,17,25-26,28-30,32,34-35H2/b4-3-/t43-,45?,46-,47?,48?,49+,50-,54?,58?,59?/m1/s1. The summed E-state index contributed by atoms with van der Waals surface area (Å²) in [5.74, 6) is 8.86. The molecule has 2 aromatic carbocycles. The Balaban J connectivity index is 0.767. The molecule has 2 heterocycles. The van der Waals surface area contributed by atoms with E-state index in [1.807, 2.05) is 6.08 Å². The third kappa shape index (κ3) is 6.83. The zero-order valence-corrected chi connectivity index (χ0v) is 36.0. The molecule has 10 atom stereocenters. The molecule has 2 fully saturated rings.